The summed E-state index contributed by atoms with van der Waals surface area (Å²) in [6.45, 7) is 4.81. The number of nitrogens with zero attached hydrogens (tertiary/aromatic N) is 2. The molecule has 4 nitrogen and oxygen atoms in total. The van der Waals surface area contributed by atoms with E-state index in [9.17, 15) is 0 Å². The van der Waals surface area contributed by atoms with Gasteiger partial charge in [0.25, 0.3) is 0 Å². The van der Waals surface area contributed by atoms with Gasteiger partial charge in [0.15, 0.2) is 0 Å². The lowest BCUT2D eigenvalue weighted by molar-refractivity contribution is 0.183. The highest BCUT2D eigenvalue weighted by atomic mass is 16.5. The van der Waals surface area contributed by atoms with Crippen LogP contribution in [0.3, 0.4) is 0 Å². The molecule has 0 unspecified atom stereocenters. The lowest BCUT2D eigenvalue weighted by Gasteiger charge is -2.26. The highest BCUT2D eigenvalue weighted by Crippen LogP contribution is 2.15. The van der Waals surface area contributed by atoms with E-state index in [1.807, 2.05) is 18.2 Å². The second-order valence-electron chi connectivity index (χ2n) is 6.52. The summed E-state index contributed by atoms with van der Waals surface area (Å²) in [6.07, 6.45) is 7.77. The van der Waals surface area contributed by atoms with Crippen molar-refractivity contribution < 1.29 is 9.47 Å². The molecule has 0 bridgehead atoms. The van der Waals surface area contributed by atoms with E-state index in [1.54, 1.807) is 6.20 Å². The van der Waals surface area contributed by atoms with Gasteiger partial charge in [-0.15, -0.1) is 0 Å². The molecule has 4 heteroatoms. The molecule has 1 aromatic carbocycles. The first kappa shape index (κ1) is 17.7. The Morgan fingerprint density at radius 3 is 2.48 bits per heavy atom. The van der Waals surface area contributed by atoms with Crippen molar-refractivity contribution >= 4 is 0 Å². The summed E-state index contributed by atoms with van der Waals surface area (Å²) in [5, 5.41) is 0. The molecule has 0 spiro atoms. The standard InChI is InChI=1S/C21H28N2O2/c1-3-8-19(9-4-1)10-7-16-25-21-12-11-20(18-22-21)24-17-15-23-13-5-2-6-14-23/h1,3-4,8-9,11-12,18H,2,5-7,10,13-17H2. The molecule has 0 saturated carbocycles. The van der Waals surface area contributed by atoms with Crippen molar-refractivity contribution in [1.82, 2.24) is 9.88 Å². The van der Waals surface area contributed by atoms with Crippen molar-refractivity contribution in [3.63, 3.8) is 0 Å². The molecule has 1 aromatic heterocycles. The Balaban J connectivity index is 1.31. The fraction of sp³-hybridized carbons (Fsp3) is 0.476. The Morgan fingerprint density at radius 2 is 1.72 bits per heavy atom. The Morgan fingerprint density at radius 1 is 0.880 bits per heavy atom. The van der Waals surface area contributed by atoms with Crippen molar-refractivity contribution in [3.8, 4) is 11.6 Å². The van der Waals surface area contributed by atoms with Crippen LogP contribution >= 0.6 is 0 Å². The number of hydrogen-bond acceptors (Lipinski definition) is 4. The van der Waals surface area contributed by atoms with Crippen molar-refractivity contribution in [2.24, 2.45) is 0 Å². The van der Waals surface area contributed by atoms with E-state index in [1.165, 1.54) is 37.9 Å². The third-order valence-corrected chi connectivity index (χ3v) is 4.54. The zero-order valence-electron chi connectivity index (χ0n) is 14.9. The lowest BCUT2D eigenvalue weighted by Crippen LogP contribution is -2.33. The second-order valence-corrected chi connectivity index (χ2v) is 6.52. The number of ether oxygens (including phenoxy) is 2. The van der Waals surface area contributed by atoms with Crippen LogP contribution in [0.15, 0.2) is 48.7 Å². The minimum Gasteiger partial charge on any atom is -0.491 e. The number of rotatable bonds is 9. The van der Waals surface area contributed by atoms with Crippen LogP contribution in [0.25, 0.3) is 0 Å². The first-order chi connectivity index (χ1) is 12.4. The molecule has 0 aliphatic carbocycles. The molecule has 25 heavy (non-hydrogen) atoms. The van der Waals surface area contributed by atoms with Crippen molar-refractivity contribution in [1.29, 1.82) is 0 Å². The Labute approximate surface area is 150 Å². The molecule has 0 radical (unpaired) electrons. The van der Waals surface area contributed by atoms with Crippen LogP contribution < -0.4 is 9.47 Å². The summed E-state index contributed by atoms with van der Waals surface area (Å²) >= 11 is 0. The zero-order valence-corrected chi connectivity index (χ0v) is 14.9. The first-order valence-electron chi connectivity index (χ1n) is 9.38. The molecule has 0 atom stereocenters. The van der Waals surface area contributed by atoms with Gasteiger partial charge in [0.2, 0.25) is 5.88 Å². The number of benzene rings is 1. The van der Waals surface area contributed by atoms with E-state index in [2.05, 4.69) is 34.1 Å². The van der Waals surface area contributed by atoms with E-state index in [-0.39, 0.29) is 0 Å². The maximum atomic E-state index is 5.79. The van der Waals surface area contributed by atoms with Gasteiger partial charge in [-0.3, -0.25) is 4.90 Å². The van der Waals surface area contributed by atoms with Crippen molar-refractivity contribution in [3.05, 3.63) is 54.2 Å². The summed E-state index contributed by atoms with van der Waals surface area (Å²) in [5.74, 6) is 1.48. The predicted molar refractivity (Wildman–Crippen MR) is 100 cm³/mol. The molecule has 0 amide bonds. The number of pyridine rings is 1. The fourth-order valence-corrected chi connectivity index (χ4v) is 3.11. The largest absolute Gasteiger partial charge is 0.491 e. The van der Waals surface area contributed by atoms with Crippen molar-refractivity contribution in [2.45, 2.75) is 32.1 Å². The summed E-state index contributed by atoms with van der Waals surface area (Å²) in [7, 11) is 0. The van der Waals surface area contributed by atoms with Crippen LogP contribution in [0.1, 0.15) is 31.2 Å². The molecular formula is C21H28N2O2. The third-order valence-electron chi connectivity index (χ3n) is 4.54. The van der Waals surface area contributed by atoms with Crippen LogP contribution in [0.2, 0.25) is 0 Å². The average molecular weight is 340 g/mol. The van der Waals surface area contributed by atoms with E-state index < -0.39 is 0 Å². The summed E-state index contributed by atoms with van der Waals surface area (Å²) in [5.41, 5.74) is 1.34. The van der Waals surface area contributed by atoms with Crippen molar-refractivity contribution in [2.75, 3.05) is 32.8 Å². The summed E-state index contributed by atoms with van der Waals surface area (Å²) in [6, 6.07) is 14.3. The van der Waals surface area contributed by atoms with Gasteiger partial charge in [0.1, 0.15) is 12.4 Å². The van der Waals surface area contributed by atoms with Gasteiger partial charge in [-0.25, -0.2) is 4.98 Å². The van der Waals surface area contributed by atoms with Gasteiger partial charge in [-0.1, -0.05) is 36.8 Å². The Bertz CT molecular complexity index is 595. The maximum Gasteiger partial charge on any atom is 0.213 e. The van der Waals surface area contributed by atoms with Gasteiger partial charge in [0, 0.05) is 12.6 Å². The normalized spacial score (nSPS) is 15.0. The van der Waals surface area contributed by atoms with Crippen LogP contribution in [-0.4, -0.2) is 42.7 Å². The highest BCUT2D eigenvalue weighted by Gasteiger charge is 2.09. The molecule has 1 saturated heterocycles. The molecule has 1 fully saturated rings. The zero-order chi connectivity index (χ0) is 17.2. The Kier molecular flexibility index (Phi) is 7.13. The van der Waals surface area contributed by atoms with Crippen LogP contribution in [-0.2, 0) is 6.42 Å². The maximum absolute atomic E-state index is 5.79. The third kappa shape index (κ3) is 6.39. The number of aromatic nitrogens is 1. The molecule has 1 aliphatic rings. The van der Waals surface area contributed by atoms with Crippen LogP contribution in [0, 0.1) is 0 Å². The van der Waals surface area contributed by atoms with Gasteiger partial charge in [-0.2, -0.15) is 0 Å². The smallest absolute Gasteiger partial charge is 0.213 e. The molecule has 3 rings (SSSR count). The number of piperidine rings is 1. The summed E-state index contributed by atoms with van der Waals surface area (Å²) < 4.78 is 11.5. The monoisotopic (exact) mass is 340 g/mol. The van der Waals surface area contributed by atoms with Gasteiger partial charge in [-0.05, 0) is 50.4 Å². The molecule has 2 aromatic rings. The second kappa shape index (κ2) is 10.0. The number of aryl methyl sites for hydroxylation is 1. The minimum absolute atomic E-state index is 0.663. The van der Waals surface area contributed by atoms with E-state index >= 15 is 0 Å². The van der Waals surface area contributed by atoms with Crippen LogP contribution in [0.5, 0.6) is 11.6 Å². The van der Waals surface area contributed by atoms with Gasteiger partial charge in [0.05, 0.1) is 12.8 Å². The van der Waals surface area contributed by atoms with E-state index in [0.717, 1.165) is 31.7 Å². The molecule has 0 N–H and O–H groups in total. The highest BCUT2D eigenvalue weighted by molar-refractivity contribution is 5.22. The average Bonchev–Trinajstić information content (AvgIpc) is 2.68. The van der Waals surface area contributed by atoms with E-state index in [4.69, 9.17) is 9.47 Å². The lowest BCUT2D eigenvalue weighted by atomic mass is 10.1. The SMILES string of the molecule is c1ccc(CCCOc2ccc(OCCN3CCCCC3)cn2)cc1. The van der Waals surface area contributed by atoms with Gasteiger partial charge < -0.3 is 9.47 Å². The molecule has 134 valence electrons. The molecule has 2 heterocycles. The van der Waals surface area contributed by atoms with Gasteiger partial charge >= 0.3 is 0 Å². The first-order valence-corrected chi connectivity index (χ1v) is 9.38. The van der Waals surface area contributed by atoms with E-state index in [0.29, 0.717) is 12.5 Å². The fourth-order valence-electron chi connectivity index (χ4n) is 3.11. The topological polar surface area (TPSA) is 34.6 Å². The molecule has 1 aliphatic heterocycles. The number of likely N-dealkylation sites (tertiary alicyclic amines) is 1. The molecular weight excluding hydrogens is 312 g/mol. The minimum atomic E-state index is 0.663. The predicted octanol–water partition coefficient (Wildman–Crippen LogP) is 3.96. The quantitative estimate of drug-likeness (QED) is 0.647. The number of hydrogen-bond donors (Lipinski definition) is 0. The summed E-state index contributed by atoms with van der Waals surface area (Å²) in [4.78, 5) is 6.80. The van der Waals surface area contributed by atoms with Crippen LogP contribution in [0.4, 0.5) is 0 Å². The Hall–Kier alpha value is -2.07.